The highest BCUT2D eigenvalue weighted by Crippen LogP contribution is 2.50. The second-order valence-electron chi connectivity index (χ2n) is 5.50. The summed E-state index contributed by atoms with van der Waals surface area (Å²) in [6, 6.07) is 0. The Morgan fingerprint density at radius 1 is 1.12 bits per heavy atom. The monoisotopic (exact) mass is 250 g/mol. The lowest BCUT2D eigenvalue weighted by Gasteiger charge is -2.26. The van der Waals surface area contributed by atoms with Crippen molar-refractivity contribution in [2.75, 3.05) is 19.4 Å². The first kappa shape index (κ1) is 16.1. The lowest BCUT2D eigenvalue weighted by atomic mass is 9.86. The van der Waals surface area contributed by atoms with E-state index in [1.165, 1.54) is 0 Å². The van der Waals surface area contributed by atoms with Gasteiger partial charge in [-0.1, -0.05) is 27.7 Å². The normalized spacial score (nSPS) is 15.1. The molecule has 0 spiro atoms. The SMILES string of the molecule is CCOP(=O)(CC(C)CC(C)(C)C)OCC. The van der Waals surface area contributed by atoms with Crippen LogP contribution in [0.3, 0.4) is 0 Å². The van der Waals surface area contributed by atoms with Gasteiger partial charge >= 0.3 is 7.60 Å². The van der Waals surface area contributed by atoms with Crippen molar-refractivity contribution >= 4 is 7.60 Å². The molecule has 0 aliphatic carbocycles. The molecule has 3 nitrogen and oxygen atoms in total. The van der Waals surface area contributed by atoms with Crippen molar-refractivity contribution in [3.63, 3.8) is 0 Å². The van der Waals surface area contributed by atoms with Crippen molar-refractivity contribution in [2.24, 2.45) is 11.3 Å². The van der Waals surface area contributed by atoms with Crippen LogP contribution in [0.5, 0.6) is 0 Å². The molecule has 0 aromatic rings. The molecule has 1 atom stereocenters. The molecule has 0 radical (unpaired) electrons. The zero-order valence-electron chi connectivity index (χ0n) is 11.6. The van der Waals surface area contributed by atoms with E-state index in [1.807, 2.05) is 13.8 Å². The molecule has 0 amide bonds. The molecule has 1 unspecified atom stereocenters. The summed E-state index contributed by atoms with van der Waals surface area (Å²) in [4.78, 5) is 0. The Labute approximate surface area is 100 Å². The average molecular weight is 250 g/mol. The molecular formula is C12H27O3P. The maximum Gasteiger partial charge on any atom is 0.330 e. The van der Waals surface area contributed by atoms with Gasteiger partial charge in [-0.3, -0.25) is 4.57 Å². The number of rotatable bonds is 7. The lowest BCUT2D eigenvalue weighted by Crippen LogP contribution is -2.15. The van der Waals surface area contributed by atoms with Crippen LogP contribution in [0, 0.1) is 11.3 Å². The van der Waals surface area contributed by atoms with Crippen molar-refractivity contribution in [1.29, 1.82) is 0 Å². The van der Waals surface area contributed by atoms with Crippen molar-refractivity contribution in [1.82, 2.24) is 0 Å². The standard InChI is InChI=1S/C12H27O3P/c1-7-14-16(13,15-8-2)10-11(3)9-12(4,5)6/h11H,7-10H2,1-6H3. The van der Waals surface area contributed by atoms with E-state index in [4.69, 9.17) is 9.05 Å². The quantitative estimate of drug-likeness (QED) is 0.631. The summed E-state index contributed by atoms with van der Waals surface area (Å²) in [5.41, 5.74) is 0.253. The predicted molar refractivity (Wildman–Crippen MR) is 69.0 cm³/mol. The smallest absolute Gasteiger partial charge is 0.309 e. The summed E-state index contributed by atoms with van der Waals surface area (Å²) < 4.78 is 22.8. The third-order valence-corrected chi connectivity index (χ3v) is 4.52. The van der Waals surface area contributed by atoms with E-state index >= 15 is 0 Å². The Morgan fingerprint density at radius 2 is 1.56 bits per heavy atom. The maximum atomic E-state index is 12.3. The highest BCUT2D eigenvalue weighted by atomic mass is 31.2. The Kier molecular flexibility index (Phi) is 6.84. The third kappa shape index (κ3) is 7.43. The molecule has 0 heterocycles. The van der Waals surface area contributed by atoms with E-state index in [2.05, 4.69) is 27.7 Å². The maximum absolute atomic E-state index is 12.3. The minimum absolute atomic E-state index is 0.253. The first-order valence-corrected chi connectivity index (χ1v) is 7.83. The van der Waals surface area contributed by atoms with Crippen molar-refractivity contribution in [3.8, 4) is 0 Å². The van der Waals surface area contributed by atoms with Crippen molar-refractivity contribution in [3.05, 3.63) is 0 Å². The highest BCUT2D eigenvalue weighted by Gasteiger charge is 2.28. The molecule has 0 N–H and O–H groups in total. The van der Waals surface area contributed by atoms with Crippen LogP contribution in [0.15, 0.2) is 0 Å². The van der Waals surface area contributed by atoms with E-state index in [9.17, 15) is 4.57 Å². The first-order valence-electron chi connectivity index (χ1n) is 6.10. The Balaban J connectivity index is 4.34. The molecule has 0 aromatic heterocycles. The summed E-state index contributed by atoms with van der Waals surface area (Å²) in [6.07, 6.45) is 1.54. The van der Waals surface area contributed by atoms with Gasteiger partial charge in [0.2, 0.25) is 0 Å². The summed E-state index contributed by atoms with van der Waals surface area (Å²) in [5, 5.41) is 0. The summed E-state index contributed by atoms with van der Waals surface area (Å²) >= 11 is 0. The first-order chi connectivity index (χ1) is 7.22. The molecule has 0 saturated carbocycles. The molecule has 0 aliphatic rings. The predicted octanol–water partition coefficient (Wildman–Crippen LogP) is 4.32. The number of hydrogen-bond donors (Lipinski definition) is 0. The Hall–Kier alpha value is 0.150. The molecule has 0 bridgehead atoms. The van der Waals surface area contributed by atoms with Gasteiger partial charge < -0.3 is 9.05 Å². The molecule has 98 valence electrons. The van der Waals surface area contributed by atoms with Gasteiger partial charge in [-0.25, -0.2) is 0 Å². The zero-order chi connectivity index (χ0) is 12.8. The Morgan fingerprint density at radius 3 is 1.88 bits per heavy atom. The summed E-state index contributed by atoms with van der Waals surface area (Å²) in [6.45, 7) is 13.3. The van der Waals surface area contributed by atoms with Crippen LogP contribution < -0.4 is 0 Å². The van der Waals surface area contributed by atoms with Crippen LogP contribution >= 0.6 is 7.60 Å². The molecule has 0 fully saturated rings. The fourth-order valence-corrected chi connectivity index (χ4v) is 3.99. The summed E-state index contributed by atoms with van der Waals surface area (Å²) in [7, 11) is -2.86. The van der Waals surface area contributed by atoms with Gasteiger partial charge in [-0.2, -0.15) is 0 Å². The van der Waals surface area contributed by atoms with Crippen LogP contribution in [0.4, 0.5) is 0 Å². The van der Waals surface area contributed by atoms with E-state index in [0.29, 0.717) is 25.3 Å². The van der Waals surface area contributed by atoms with E-state index in [1.54, 1.807) is 0 Å². The fraction of sp³-hybridized carbons (Fsp3) is 1.00. The Bertz CT molecular complexity index is 223. The van der Waals surface area contributed by atoms with Crippen molar-refractivity contribution < 1.29 is 13.6 Å². The van der Waals surface area contributed by atoms with Crippen LogP contribution in [-0.2, 0) is 13.6 Å². The largest absolute Gasteiger partial charge is 0.330 e. The minimum atomic E-state index is -2.86. The fourth-order valence-electron chi connectivity index (χ4n) is 2.03. The van der Waals surface area contributed by atoms with E-state index in [-0.39, 0.29) is 5.41 Å². The van der Waals surface area contributed by atoms with Crippen LogP contribution in [-0.4, -0.2) is 19.4 Å². The second-order valence-corrected chi connectivity index (χ2v) is 7.60. The van der Waals surface area contributed by atoms with Crippen LogP contribution in [0.25, 0.3) is 0 Å². The third-order valence-electron chi connectivity index (χ3n) is 2.15. The topological polar surface area (TPSA) is 35.5 Å². The van der Waals surface area contributed by atoms with Crippen molar-refractivity contribution in [2.45, 2.75) is 48.0 Å². The van der Waals surface area contributed by atoms with E-state index < -0.39 is 7.60 Å². The molecule has 0 aliphatic heterocycles. The summed E-state index contributed by atoms with van der Waals surface area (Å²) in [5.74, 6) is 0.351. The van der Waals surface area contributed by atoms with Crippen LogP contribution in [0.1, 0.15) is 48.0 Å². The minimum Gasteiger partial charge on any atom is -0.309 e. The van der Waals surface area contributed by atoms with Crippen LogP contribution in [0.2, 0.25) is 0 Å². The molecule has 4 heteroatoms. The average Bonchev–Trinajstić information content (AvgIpc) is 1.99. The van der Waals surface area contributed by atoms with Gasteiger partial charge in [-0.05, 0) is 31.6 Å². The number of hydrogen-bond acceptors (Lipinski definition) is 3. The van der Waals surface area contributed by atoms with Gasteiger partial charge in [0.1, 0.15) is 0 Å². The lowest BCUT2D eigenvalue weighted by molar-refractivity contribution is 0.212. The van der Waals surface area contributed by atoms with Gasteiger partial charge in [0, 0.05) is 0 Å². The molecule has 0 rings (SSSR count). The van der Waals surface area contributed by atoms with Gasteiger partial charge in [0.25, 0.3) is 0 Å². The van der Waals surface area contributed by atoms with E-state index in [0.717, 1.165) is 6.42 Å². The second kappa shape index (κ2) is 6.78. The molecular weight excluding hydrogens is 223 g/mol. The van der Waals surface area contributed by atoms with Gasteiger partial charge in [0.15, 0.2) is 0 Å². The van der Waals surface area contributed by atoms with Gasteiger partial charge in [0.05, 0.1) is 19.4 Å². The zero-order valence-corrected chi connectivity index (χ0v) is 12.5. The molecule has 16 heavy (non-hydrogen) atoms. The molecule has 0 saturated heterocycles. The highest BCUT2D eigenvalue weighted by molar-refractivity contribution is 7.53. The van der Waals surface area contributed by atoms with Gasteiger partial charge in [-0.15, -0.1) is 0 Å². The molecule has 0 aromatic carbocycles.